The second-order valence-corrected chi connectivity index (χ2v) is 3.33. The van der Waals surface area contributed by atoms with Crippen LogP contribution in [0.15, 0.2) is 17.1 Å². The zero-order chi connectivity index (χ0) is 9.78. The monoisotopic (exact) mass is 181 g/mol. The van der Waals surface area contributed by atoms with Crippen molar-refractivity contribution in [3.05, 3.63) is 12.2 Å². The fourth-order valence-corrected chi connectivity index (χ4v) is 1.09. The third kappa shape index (κ3) is 11.4. The van der Waals surface area contributed by atoms with E-state index in [9.17, 15) is 0 Å². The molecule has 0 bridgehead atoms. The third-order valence-corrected chi connectivity index (χ3v) is 1.92. The van der Waals surface area contributed by atoms with Crippen LogP contribution in [0.3, 0.4) is 0 Å². The van der Waals surface area contributed by atoms with Gasteiger partial charge in [-0.1, -0.05) is 45.6 Å². The van der Waals surface area contributed by atoms with Gasteiger partial charge in [0.15, 0.2) is 0 Å². The number of rotatable bonds is 8. The average Bonchev–Trinajstić information content (AvgIpc) is 2.16. The standard InChI is InChI=1S/C12H23N/c1-3-5-7-9-11-13-12-10-8-6-4-2/h7,9,11H,3-6,8,10,12H2,1-2H3. The Balaban J connectivity index is 3.12. The molecular weight excluding hydrogens is 158 g/mol. The lowest BCUT2D eigenvalue weighted by Crippen LogP contribution is -1.81. The van der Waals surface area contributed by atoms with Crippen molar-refractivity contribution in [2.24, 2.45) is 4.99 Å². The first-order valence-corrected chi connectivity index (χ1v) is 5.56. The van der Waals surface area contributed by atoms with Crippen LogP contribution >= 0.6 is 0 Å². The van der Waals surface area contributed by atoms with E-state index < -0.39 is 0 Å². The molecule has 0 spiro atoms. The zero-order valence-electron chi connectivity index (χ0n) is 9.13. The molecule has 1 nitrogen and oxygen atoms in total. The molecule has 0 saturated heterocycles. The molecule has 0 aliphatic rings. The topological polar surface area (TPSA) is 12.4 Å². The van der Waals surface area contributed by atoms with Gasteiger partial charge in [0.1, 0.15) is 0 Å². The summed E-state index contributed by atoms with van der Waals surface area (Å²) in [6.45, 7) is 5.42. The van der Waals surface area contributed by atoms with Gasteiger partial charge >= 0.3 is 0 Å². The second kappa shape index (κ2) is 11.4. The number of nitrogens with zero attached hydrogens (tertiary/aromatic N) is 1. The average molecular weight is 181 g/mol. The molecule has 0 aromatic rings. The van der Waals surface area contributed by atoms with Crippen LogP contribution in [0.5, 0.6) is 0 Å². The van der Waals surface area contributed by atoms with Crippen molar-refractivity contribution < 1.29 is 0 Å². The predicted octanol–water partition coefficient (Wildman–Crippen LogP) is 3.99. The largest absolute Gasteiger partial charge is 0.293 e. The Morgan fingerprint density at radius 2 is 1.85 bits per heavy atom. The highest BCUT2D eigenvalue weighted by molar-refractivity contribution is 5.70. The molecule has 13 heavy (non-hydrogen) atoms. The minimum Gasteiger partial charge on any atom is -0.293 e. The molecule has 0 aromatic heterocycles. The predicted molar refractivity (Wildman–Crippen MR) is 61.5 cm³/mol. The van der Waals surface area contributed by atoms with Crippen molar-refractivity contribution in [3.8, 4) is 0 Å². The van der Waals surface area contributed by atoms with Gasteiger partial charge in [0, 0.05) is 12.8 Å². The van der Waals surface area contributed by atoms with Gasteiger partial charge < -0.3 is 0 Å². The summed E-state index contributed by atoms with van der Waals surface area (Å²) in [7, 11) is 0. The van der Waals surface area contributed by atoms with Gasteiger partial charge in [-0.3, -0.25) is 4.99 Å². The van der Waals surface area contributed by atoms with E-state index >= 15 is 0 Å². The summed E-state index contributed by atoms with van der Waals surface area (Å²) in [5, 5.41) is 0. The Morgan fingerprint density at radius 1 is 1.00 bits per heavy atom. The maximum absolute atomic E-state index is 4.30. The molecule has 0 unspecified atom stereocenters. The molecule has 1 heteroatoms. The van der Waals surface area contributed by atoms with Gasteiger partial charge in [-0.2, -0.15) is 0 Å². The highest BCUT2D eigenvalue weighted by Crippen LogP contribution is 1.98. The van der Waals surface area contributed by atoms with Crippen molar-refractivity contribution in [2.45, 2.75) is 52.4 Å². The summed E-state index contributed by atoms with van der Waals surface area (Å²) < 4.78 is 0. The number of unbranched alkanes of at least 4 members (excludes halogenated alkanes) is 4. The second-order valence-electron chi connectivity index (χ2n) is 3.33. The van der Waals surface area contributed by atoms with E-state index in [2.05, 4.69) is 31.0 Å². The molecule has 0 rings (SSSR count). The zero-order valence-corrected chi connectivity index (χ0v) is 9.13. The molecule has 76 valence electrons. The van der Waals surface area contributed by atoms with Crippen LogP contribution in [-0.2, 0) is 0 Å². The van der Waals surface area contributed by atoms with E-state index in [0.717, 1.165) is 6.54 Å². The van der Waals surface area contributed by atoms with Crippen molar-refractivity contribution in [1.29, 1.82) is 0 Å². The molecule has 0 atom stereocenters. The van der Waals surface area contributed by atoms with E-state index in [4.69, 9.17) is 0 Å². The molecule has 0 amide bonds. The normalized spacial score (nSPS) is 11.8. The summed E-state index contributed by atoms with van der Waals surface area (Å²) in [6, 6.07) is 0. The van der Waals surface area contributed by atoms with Gasteiger partial charge in [0.25, 0.3) is 0 Å². The Kier molecular flexibility index (Phi) is 10.9. The number of hydrogen-bond acceptors (Lipinski definition) is 1. The molecule has 0 N–H and O–H groups in total. The highest BCUT2D eigenvalue weighted by Gasteiger charge is 1.83. The van der Waals surface area contributed by atoms with Gasteiger partial charge in [-0.05, 0) is 18.9 Å². The molecule has 0 saturated carbocycles. The lowest BCUT2D eigenvalue weighted by atomic mass is 10.2. The van der Waals surface area contributed by atoms with E-state index in [1.165, 1.54) is 38.5 Å². The van der Waals surface area contributed by atoms with Crippen LogP contribution in [0.1, 0.15) is 52.4 Å². The van der Waals surface area contributed by atoms with Crippen LogP contribution in [0, 0.1) is 0 Å². The lowest BCUT2D eigenvalue weighted by Gasteiger charge is -1.92. The molecule has 0 aromatic carbocycles. The van der Waals surface area contributed by atoms with Crippen LogP contribution in [0.25, 0.3) is 0 Å². The van der Waals surface area contributed by atoms with Crippen molar-refractivity contribution >= 4 is 6.21 Å². The van der Waals surface area contributed by atoms with Gasteiger partial charge in [0.2, 0.25) is 0 Å². The highest BCUT2D eigenvalue weighted by atomic mass is 14.7. The van der Waals surface area contributed by atoms with E-state index in [1.807, 2.05) is 6.21 Å². The molecule has 0 radical (unpaired) electrons. The maximum Gasteiger partial charge on any atom is 0.0389 e. The molecular formula is C12H23N. The summed E-state index contributed by atoms with van der Waals surface area (Å²) in [6.07, 6.45) is 13.8. The van der Waals surface area contributed by atoms with Crippen LogP contribution in [0.2, 0.25) is 0 Å². The first kappa shape index (κ1) is 12.4. The van der Waals surface area contributed by atoms with Gasteiger partial charge in [-0.25, -0.2) is 0 Å². The fourth-order valence-electron chi connectivity index (χ4n) is 1.09. The van der Waals surface area contributed by atoms with Gasteiger partial charge in [0.05, 0.1) is 0 Å². The lowest BCUT2D eigenvalue weighted by molar-refractivity contribution is 0.676. The summed E-state index contributed by atoms with van der Waals surface area (Å²) in [4.78, 5) is 4.30. The van der Waals surface area contributed by atoms with Crippen molar-refractivity contribution in [1.82, 2.24) is 0 Å². The number of hydrogen-bond donors (Lipinski definition) is 0. The fraction of sp³-hybridized carbons (Fsp3) is 0.750. The molecule has 0 fully saturated rings. The first-order valence-electron chi connectivity index (χ1n) is 5.56. The summed E-state index contributed by atoms with van der Waals surface area (Å²) in [5.74, 6) is 0. The van der Waals surface area contributed by atoms with Crippen LogP contribution < -0.4 is 0 Å². The Hall–Kier alpha value is -0.590. The first-order chi connectivity index (χ1) is 6.41. The quantitative estimate of drug-likeness (QED) is 0.396. The van der Waals surface area contributed by atoms with Crippen LogP contribution in [-0.4, -0.2) is 12.8 Å². The summed E-state index contributed by atoms with van der Waals surface area (Å²) in [5.41, 5.74) is 0. The van der Waals surface area contributed by atoms with Gasteiger partial charge in [-0.15, -0.1) is 0 Å². The Labute approximate surface area is 83.0 Å². The van der Waals surface area contributed by atoms with Crippen molar-refractivity contribution in [3.63, 3.8) is 0 Å². The summed E-state index contributed by atoms with van der Waals surface area (Å²) >= 11 is 0. The molecule has 0 aliphatic carbocycles. The minimum absolute atomic E-state index is 0.996. The molecule has 0 heterocycles. The number of allylic oxidation sites excluding steroid dienone is 2. The van der Waals surface area contributed by atoms with Crippen LogP contribution in [0.4, 0.5) is 0 Å². The smallest absolute Gasteiger partial charge is 0.0389 e. The number of aliphatic imine (C=N–C) groups is 1. The van der Waals surface area contributed by atoms with E-state index in [0.29, 0.717) is 0 Å². The SMILES string of the molecule is CCCC=CC=NCCCCCC. The minimum atomic E-state index is 0.996. The van der Waals surface area contributed by atoms with E-state index in [1.54, 1.807) is 0 Å². The van der Waals surface area contributed by atoms with E-state index in [-0.39, 0.29) is 0 Å². The molecule has 0 aliphatic heterocycles. The maximum atomic E-state index is 4.30. The van der Waals surface area contributed by atoms with Crippen molar-refractivity contribution in [2.75, 3.05) is 6.54 Å². The third-order valence-electron chi connectivity index (χ3n) is 1.92. The Morgan fingerprint density at radius 3 is 2.54 bits per heavy atom. The Bertz CT molecular complexity index is 136.